The van der Waals surface area contributed by atoms with Crippen molar-refractivity contribution in [3.8, 4) is 0 Å². The fraction of sp³-hybridized carbons (Fsp3) is 0.875. The minimum absolute atomic E-state index is 0.0277. The smallest absolute Gasteiger partial charge is 0.307 e. The van der Waals surface area contributed by atoms with Crippen molar-refractivity contribution in [3.63, 3.8) is 0 Å². The summed E-state index contributed by atoms with van der Waals surface area (Å²) in [4.78, 5) is 23.9. The van der Waals surface area contributed by atoms with E-state index < -0.39 is 5.97 Å². The summed E-state index contributed by atoms with van der Waals surface area (Å²) in [6, 6.07) is -0.177. The monoisotopic (exact) mass is 534 g/mol. The molecule has 5 heteroatoms. The molecule has 0 saturated heterocycles. The third-order valence-electron chi connectivity index (χ3n) is 11.3. The SMILES string of the molecule is CC(C)CCC[C@@H](C)[C@H]1CC[C@H]2[C@@H]3CC=C4C[C@@H](OC(=O)CCC(=O)OCCl)CC[C@]4(C)[C@H]3CC[C@]12C. The number of carbonyl (C=O) groups is 2. The van der Waals surface area contributed by atoms with Gasteiger partial charge >= 0.3 is 11.9 Å². The third kappa shape index (κ3) is 6.10. The lowest BCUT2D eigenvalue weighted by Crippen LogP contribution is -2.51. The van der Waals surface area contributed by atoms with E-state index in [1.54, 1.807) is 0 Å². The van der Waals surface area contributed by atoms with E-state index in [1.807, 2.05) is 0 Å². The van der Waals surface area contributed by atoms with Gasteiger partial charge in [-0.3, -0.25) is 9.59 Å². The van der Waals surface area contributed by atoms with Crippen LogP contribution in [0.1, 0.15) is 118 Å². The fourth-order valence-electron chi connectivity index (χ4n) is 9.33. The van der Waals surface area contributed by atoms with Crippen molar-refractivity contribution in [1.82, 2.24) is 0 Å². The molecule has 4 nitrogen and oxygen atoms in total. The predicted octanol–water partition coefficient (Wildman–Crippen LogP) is 8.46. The van der Waals surface area contributed by atoms with Crippen LogP contribution in [-0.2, 0) is 19.1 Å². The Morgan fingerprint density at radius 1 is 1.00 bits per heavy atom. The second kappa shape index (κ2) is 12.0. The van der Waals surface area contributed by atoms with E-state index in [1.165, 1.54) is 56.9 Å². The molecule has 0 amide bonds. The van der Waals surface area contributed by atoms with Crippen LogP contribution < -0.4 is 0 Å². The number of alkyl halides is 1. The highest BCUT2D eigenvalue weighted by Gasteiger charge is 2.59. The molecule has 4 rings (SSSR count). The molecule has 0 heterocycles. The number of halogens is 1. The molecule has 0 unspecified atom stereocenters. The normalized spacial score (nSPS) is 37.7. The van der Waals surface area contributed by atoms with Crippen LogP contribution in [0.3, 0.4) is 0 Å². The maximum absolute atomic E-state index is 12.4. The second-order valence-corrected chi connectivity index (χ2v) is 14.0. The molecule has 0 bridgehead atoms. The third-order valence-corrected chi connectivity index (χ3v) is 11.4. The summed E-state index contributed by atoms with van der Waals surface area (Å²) in [7, 11) is 0. The number of hydrogen-bond acceptors (Lipinski definition) is 4. The highest BCUT2D eigenvalue weighted by molar-refractivity contribution is 6.17. The van der Waals surface area contributed by atoms with Crippen molar-refractivity contribution in [2.45, 2.75) is 124 Å². The molecular weight excluding hydrogens is 484 g/mol. The Morgan fingerprint density at radius 2 is 1.76 bits per heavy atom. The predicted molar refractivity (Wildman–Crippen MR) is 149 cm³/mol. The number of hydrogen-bond donors (Lipinski definition) is 0. The number of rotatable bonds is 10. The largest absolute Gasteiger partial charge is 0.462 e. The van der Waals surface area contributed by atoms with Crippen LogP contribution >= 0.6 is 11.6 Å². The van der Waals surface area contributed by atoms with E-state index >= 15 is 0 Å². The van der Waals surface area contributed by atoms with E-state index in [2.05, 4.69) is 40.7 Å². The van der Waals surface area contributed by atoms with Gasteiger partial charge in [-0.2, -0.15) is 0 Å². The number of allylic oxidation sites excluding steroid dienone is 1. The van der Waals surface area contributed by atoms with Crippen molar-refractivity contribution in [3.05, 3.63) is 11.6 Å². The quantitative estimate of drug-likeness (QED) is 0.160. The van der Waals surface area contributed by atoms with Gasteiger partial charge in [-0.25, -0.2) is 0 Å². The van der Waals surface area contributed by atoms with E-state index in [9.17, 15) is 9.59 Å². The maximum Gasteiger partial charge on any atom is 0.307 e. The number of esters is 2. The topological polar surface area (TPSA) is 52.6 Å². The van der Waals surface area contributed by atoms with Crippen LogP contribution in [-0.4, -0.2) is 24.1 Å². The van der Waals surface area contributed by atoms with Gasteiger partial charge in [-0.1, -0.05) is 77.1 Å². The Bertz CT molecular complexity index is 852. The van der Waals surface area contributed by atoms with Crippen molar-refractivity contribution >= 4 is 23.5 Å². The second-order valence-electron chi connectivity index (χ2n) is 13.8. The van der Waals surface area contributed by atoms with Gasteiger partial charge in [0.2, 0.25) is 0 Å². The van der Waals surface area contributed by atoms with E-state index in [-0.39, 0.29) is 36.4 Å². The van der Waals surface area contributed by atoms with Gasteiger partial charge in [0.1, 0.15) is 6.10 Å². The van der Waals surface area contributed by atoms with Crippen molar-refractivity contribution in [2.24, 2.45) is 46.3 Å². The molecule has 37 heavy (non-hydrogen) atoms. The first kappa shape index (κ1) is 29.0. The molecule has 0 aromatic carbocycles. The van der Waals surface area contributed by atoms with Crippen LogP contribution in [0.15, 0.2) is 11.6 Å². The average molecular weight is 535 g/mol. The molecule has 0 aliphatic heterocycles. The molecule has 210 valence electrons. The van der Waals surface area contributed by atoms with Gasteiger partial charge in [0.15, 0.2) is 6.07 Å². The highest BCUT2D eigenvalue weighted by atomic mass is 35.5. The van der Waals surface area contributed by atoms with E-state index in [0.29, 0.717) is 5.41 Å². The molecule has 3 saturated carbocycles. The summed E-state index contributed by atoms with van der Waals surface area (Å²) in [5, 5.41) is 0. The summed E-state index contributed by atoms with van der Waals surface area (Å²) < 4.78 is 10.5. The average Bonchev–Trinajstić information content (AvgIpc) is 3.20. The standard InChI is InChI=1S/C32H51ClO4/c1-21(2)7-6-8-22(3)26-11-12-27-25-10-9-23-19-24(37-30(35)14-13-29(34)36-20-33)15-17-31(23,4)28(25)16-18-32(26,27)5/h9,21-22,24-28H,6-8,10-20H2,1-5H3/t22-,24+,25+,26-,27+,28+,31+,32-/m1/s1. The summed E-state index contributed by atoms with van der Waals surface area (Å²) in [6.45, 7) is 12.4. The minimum Gasteiger partial charge on any atom is -0.462 e. The first-order chi connectivity index (χ1) is 17.6. The molecule has 0 spiro atoms. The molecule has 3 fully saturated rings. The maximum atomic E-state index is 12.4. The molecular formula is C32H51ClO4. The number of ether oxygens (including phenoxy) is 2. The zero-order valence-electron chi connectivity index (χ0n) is 24.0. The van der Waals surface area contributed by atoms with Crippen LogP contribution in [0, 0.1) is 46.3 Å². The van der Waals surface area contributed by atoms with E-state index in [4.69, 9.17) is 21.1 Å². The van der Waals surface area contributed by atoms with Gasteiger partial charge in [-0.15, -0.1) is 0 Å². The van der Waals surface area contributed by atoms with Crippen LogP contribution in [0.2, 0.25) is 0 Å². The summed E-state index contributed by atoms with van der Waals surface area (Å²) in [6.07, 6.45) is 16.4. The zero-order chi connectivity index (χ0) is 26.8. The van der Waals surface area contributed by atoms with Crippen LogP contribution in [0.5, 0.6) is 0 Å². The Labute approximate surface area is 230 Å². The highest BCUT2D eigenvalue weighted by Crippen LogP contribution is 2.67. The summed E-state index contributed by atoms with van der Waals surface area (Å²) in [5.41, 5.74) is 2.29. The first-order valence-electron chi connectivity index (χ1n) is 15.2. The lowest BCUT2D eigenvalue weighted by atomic mass is 9.47. The Morgan fingerprint density at radius 3 is 2.49 bits per heavy atom. The number of carbonyl (C=O) groups excluding carboxylic acids is 2. The molecule has 0 N–H and O–H groups in total. The summed E-state index contributed by atoms with van der Waals surface area (Å²) >= 11 is 5.41. The Kier molecular flexibility index (Phi) is 9.40. The first-order valence-corrected chi connectivity index (χ1v) is 15.7. The molecule has 8 atom stereocenters. The van der Waals surface area contributed by atoms with Gasteiger partial charge in [0, 0.05) is 6.42 Å². The van der Waals surface area contributed by atoms with Crippen LogP contribution in [0.4, 0.5) is 0 Å². The van der Waals surface area contributed by atoms with Gasteiger partial charge in [-0.05, 0) is 91.3 Å². The van der Waals surface area contributed by atoms with Gasteiger partial charge in [0.25, 0.3) is 0 Å². The van der Waals surface area contributed by atoms with Gasteiger partial charge < -0.3 is 9.47 Å². The van der Waals surface area contributed by atoms with Crippen LogP contribution in [0.25, 0.3) is 0 Å². The lowest BCUT2D eigenvalue weighted by molar-refractivity contribution is -0.155. The zero-order valence-corrected chi connectivity index (χ0v) is 24.8. The minimum atomic E-state index is -0.451. The van der Waals surface area contributed by atoms with E-state index in [0.717, 1.165) is 54.8 Å². The molecule has 4 aliphatic carbocycles. The molecule has 0 radical (unpaired) electrons. The Hall–Kier alpha value is -1.03. The molecule has 4 aliphatic rings. The number of fused-ring (bicyclic) bond motifs is 5. The molecule has 0 aromatic heterocycles. The van der Waals surface area contributed by atoms with Crippen molar-refractivity contribution in [2.75, 3.05) is 6.07 Å². The van der Waals surface area contributed by atoms with Gasteiger partial charge in [0.05, 0.1) is 12.8 Å². The summed E-state index contributed by atoms with van der Waals surface area (Å²) in [5.74, 6) is 4.24. The molecule has 0 aromatic rings. The fourth-order valence-corrected chi connectivity index (χ4v) is 9.46. The lowest BCUT2D eigenvalue weighted by Gasteiger charge is -2.58. The van der Waals surface area contributed by atoms with Crippen molar-refractivity contribution in [1.29, 1.82) is 0 Å². The Balaban J connectivity index is 1.36. The van der Waals surface area contributed by atoms with Crippen molar-refractivity contribution < 1.29 is 19.1 Å².